The fourth-order valence-electron chi connectivity index (χ4n) is 1.91. The molecule has 0 aliphatic rings. The minimum absolute atomic E-state index is 0.0208. The molecule has 1 aromatic carbocycles. The van der Waals surface area contributed by atoms with Gasteiger partial charge in [0.15, 0.2) is 0 Å². The van der Waals surface area contributed by atoms with Crippen molar-refractivity contribution < 1.29 is 13.2 Å². The Hall–Kier alpha value is -2.25. The lowest BCUT2D eigenvalue weighted by molar-refractivity contribution is 0.0943. The predicted octanol–water partition coefficient (Wildman–Crippen LogP) is 1.70. The highest BCUT2D eigenvalue weighted by atomic mass is 32.2. The standard InChI is InChI=1S/C16H19N3O3S/c1-12(2)19-16(20)14-4-3-5-15(10-14)23(21,22)18-11-13-6-8-17-9-7-13/h3-10,12,18H,11H2,1-2H3,(H,19,20). The van der Waals surface area contributed by atoms with E-state index in [1.807, 2.05) is 13.8 Å². The second-order valence-electron chi connectivity index (χ2n) is 5.34. The van der Waals surface area contributed by atoms with Crippen LogP contribution in [0.1, 0.15) is 29.8 Å². The Morgan fingerprint density at radius 2 is 1.87 bits per heavy atom. The fraction of sp³-hybridized carbons (Fsp3) is 0.250. The molecule has 122 valence electrons. The zero-order valence-electron chi connectivity index (χ0n) is 13.0. The molecule has 0 atom stereocenters. The van der Waals surface area contributed by atoms with Gasteiger partial charge in [-0.1, -0.05) is 6.07 Å². The summed E-state index contributed by atoms with van der Waals surface area (Å²) >= 11 is 0. The van der Waals surface area contributed by atoms with E-state index >= 15 is 0 Å². The Kier molecular flexibility index (Phi) is 5.46. The molecule has 0 fully saturated rings. The second-order valence-corrected chi connectivity index (χ2v) is 7.10. The van der Waals surface area contributed by atoms with Crippen LogP contribution in [0.15, 0.2) is 53.7 Å². The molecule has 0 radical (unpaired) electrons. The molecule has 7 heteroatoms. The van der Waals surface area contributed by atoms with Crippen molar-refractivity contribution in [1.29, 1.82) is 0 Å². The van der Waals surface area contributed by atoms with Crippen molar-refractivity contribution in [2.45, 2.75) is 31.3 Å². The molecule has 2 N–H and O–H groups in total. The van der Waals surface area contributed by atoms with Crippen LogP contribution in [0.3, 0.4) is 0 Å². The van der Waals surface area contributed by atoms with Gasteiger partial charge in [0, 0.05) is 30.5 Å². The predicted molar refractivity (Wildman–Crippen MR) is 87.3 cm³/mol. The van der Waals surface area contributed by atoms with Gasteiger partial charge in [-0.05, 0) is 49.7 Å². The maximum absolute atomic E-state index is 12.3. The topological polar surface area (TPSA) is 88.2 Å². The Balaban J connectivity index is 2.15. The number of nitrogens with one attached hydrogen (secondary N) is 2. The summed E-state index contributed by atoms with van der Waals surface area (Å²) < 4.78 is 27.2. The summed E-state index contributed by atoms with van der Waals surface area (Å²) in [7, 11) is -3.69. The quantitative estimate of drug-likeness (QED) is 0.842. The molecule has 1 amide bonds. The van der Waals surface area contributed by atoms with Crippen molar-refractivity contribution in [2.24, 2.45) is 0 Å². The van der Waals surface area contributed by atoms with Gasteiger partial charge in [0.05, 0.1) is 4.90 Å². The number of nitrogens with zero attached hydrogens (tertiary/aromatic N) is 1. The van der Waals surface area contributed by atoms with Crippen molar-refractivity contribution in [3.8, 4) is 0 Å². The van der Waals surface area contributed by atoms with Crippen LogP contribution < -0.4 is 10.0 Å². The molecule has 1 aromatic heterocycles. The van der Waals surface area contributed by atoms with Gasteiger partial charge in [0.25, 0.3) is 5.91 Å². The fourth-order valence-corrected chi connectivity index (χ4v) is 2.98. The Morgan fingerprint density at radius 3 is 2.52 bits per heavy atom. The van der Waals surface area contributed by atoms with Crippen molar-refractivity contribution in [2.75, 3.05) is 0 Å². The van der Waals surface area contributed by atoms with Crippen LogP contribution >= 0.6 is 0 Å². The van der Waals surface area contributed by atoms with Gasteiger partial charge in [0.2, 0.25) is 10.0 Å². The van der Waals surface area contributed by atoms with E-state index in [0.29, 0.717) is 5.56 Å². The highest BCUT2D eigenvalue weighted by Crippen LogP contribution is 2.12. The lowest BCUT2D eigenvalue weighted by atomic mass is 10.2. The van der Waals surface area contributed by atoms with Crippen LogP contribution in [0.2, 0.25) is 0 Å². The lowest BCUT2D eigenvalue weighted by Gasteiger charge is -2.10. The Morgan fingerprint density at radius 1 is 1.17 bits per heavy atom. The van der Waals surface area contributed by atoms with Crippen molar-refractivity contribution in [1.82, 2.24) is 15.0 Å². The van der Waals surface area contributed by atoms with E-state index in [0.717, 1.165) is 5.56 Å². The van der Waals surface area contributed by atoms with Crippen LogP contribution in [0, 0.1) is 0 Å². The summed E-state index contributed by atoms with van der Waals surface area (Å²) in [5.41, 5.74) is 1.11. The van der Waals surface area contributed by atoms with Gasteiger partial charge in [-0.25, -0.2) is 13.1 Å². The van der Waals surface area contributed by atoms with Gasteiger partial charge in [-0.15, -0.1) is 0 Å². The zero-order chi connectivity index (χ0) is 16.9. The number of benzene rings is 1. The maximum atomic E-state index is 12.3. The summed E-state index contributed by atoms with van der Waals surface area (Å²) in [6, 6.07) is 9.40. The van der Waals surface area contributed by atoms with Crippen LogP contribution in [-0.2, 0) is 16.6 Å². The molecule has 6 nitrogen and oxygen atoms in total. The van der Waals surface area contributed by atoms with Crippen LogP contribution in [0.4, 0.5) is 0 Å². The average Bonchev–Trinajstić information content (AvgIpc) is 2.53. The van der Waals surface area contributed by atoms with E-state index < -0.39 is 10.0 Å². The van der Waals surface area contributed by atoms with Crippen molar-refractivity contribution >= 4 is 15.9 Å². The van der Waals surface area contributed by atoms with Gasteiger partial charge in [0.1, 0.15) is 0 Å². The summed E-state index contributed by atoms with van der Waals surface area (Å²) in [4.78, 5) is 15.9. The number of carbonyl (C=O) groups is 1. The summed E-state index contributed by atoms with van der Waals surface area (Å²) in [6.07, 6.45) is 3.20. The van der Waals surface area contributed by atoms with E-state index in [1.54, 1.807) is 36.7 Å². The molecule has 23 heavy (non-hydrogen) atoms. The molecule has 1 heterocycles. The molecule has 0 bridgehead atoms. The third kappa shape index (κ3) is 4.87. The summed E-state index contributed by atoms with van der Waals surface area (Å²) in [6.45, 7) is 3.84. The largest absolute Gasteiger partial charge is 0.350 e. The minimum Gasteiger partial charge on any atom is -0.350 e. The van der Waals surface area contributed by atoms with E-state index in [4.69, 9.17) is 0 Å². The van der Waals surface area contributed by atoms with E-state index in [2.05, 4.69) is 15.0 Å². The molecule has 0 unspecified atom stereocenters. The van der Waals surface area contributed by atoms with Gasteiger partial charge in [-0.2, -0.15) is 0 Å². The normalized spacial score (nSPS) is 11.4. The molecule has 0 saturated carbocycles. The monoisotopic (exact) mass is 333 g/mol. The zero-order valence-corrected chi connectivity index (χ0v) is 13.8. The van der Waals surface area contributed by atoms with Crippen LogP contribution in [-0.4, -0.2) is 25.4 Å². The van der Waals surface area contributed by atoms with E-state index in [9.17, 15) is 13.2 Å². The first kappa shape index (κ1) is 17.1. The Bertz CT molecular complexity index is 774. The van der Waals surface area contributed by atoms with E-state index in [-0.39, 0.29) is 23.4 Å². The lowest BCUT2D eigenvalue weighted by Crippen LogP contribution is -2.30. The highest BCUT2D eigenvalue weighted by molar-refractivity contribution is 7.89. The third-order valence-electron chi connectivity index (χ3n) is 3.04. The number of hydrogen-bond acceptors (Lipinski definition) is 4. The van der Waals surface area contributed by atoms with Crippen LogP contribution in [0.25, 0.3) is 0 Å². The third-order valence-corrected chi connectivity index (χ3v) is 4.44. The van der Waals surface area contributed by atoms with Gasteiger partial charge >= 0.3 is 0 Å². The molecule has 0 aliphatic carbocycles. The second kappa shape index (κ2) is 7.34. The number of carbonyl (C=O) groups excluding carboxylic acids is 1. The summed E-state index contributed by atoms with van der Waals surface area (Å²) in [5.74, 6) is -0.300. The van der Waals surface area contributed by atoms with Crippen molar-refractivity contribution in [3.05, 3.63) is 59.9 Å². The average molecular weight is 333 g/mol. The summed E-state index contributed by atoms with van der Waals surface area (Å²) in [5, 5.41) is 2.73. The number of rotatable bonds is 6. The van der Waals surface area contributed by atoms with Crippen molar-refractivity contribution in [3.63, 3.8) is 0 Å². The van der Waals surface area contributed by atoms with Gasteiger partial charge in [-0.3, -0.25) is 9.78 Å². The number of sulfonamides is 1. The first-order valence-electron chi connectivity index (χ1n) is 7.18. The molecule has 2 rings (SSSR count). The molecule has 0 aliphatic heterocycles. The molecule has 0 saturated heterocycles. The first-order chi connectivity index (χ1) is 10.9. The number of aromatic nitrogens is 1. The molecule has 2 aromatic rings. The maximum Gasteiger partial charge on any atom is 0.251 e. The smallest absolute Gasteiger partial charge is 0.251 e. The molecular weight excluding hydrogens is 314 g/mol. The van der Waals surface area contributed by atoms with Crippen LogP contribution in [0.5, 0.6) is 0 Å². The highest BCUT2D eigenvalue weighted by Gasteiger charge is 2.16. The van der Waals surface area contributed by atoms with Gasteiger partial charge < -0.3 is 5.32 Å². The first-order valence-corrected chi connectivity index (χ1v) is 8.66. The minimum atomic E-state index is -3.69. The molecule has 0 spiro atoms. The number of amides is 1. The number of pyridine rings is 1. The van der Waals surface area contributed by atoms with E-state index in [1.165, 1.54) is 12.1 Å². The SMILES string of the molecule is CC(C)NC(=O)c1cccc(S(=O)(=O)NCc2ccncc2)c1. The Labute approximate surface area is 136 Å². The number of hydrogen-bond donors (Lipinski definition) is 2. The molecular formula is C16H19N3O3S.